The first kappa shape index (κ1) is 13.9. The third-order valence-corrected chi connectivity index (χ3v) is 4.58. The molecule has 108 valence electrons. The van der Waals surface area contributed by atoms with E-state index in [1.54, 1.807) is 6.07 Å². The fraction of sp³-hybridized carbons (Fsp3) is 0.312. The van der Waals surface area contributed by atoms with Crippen molar-refractivity contribution >= 4 is 22.7 Å². The minimum absolute atomic E-state index is 0.175. The summed E-state index contributed by atoms with van der Waals surface area (Å²) in [5.41, 5.74) is 2.13. The molecule has 0 atom stereocenters. The summed E-state index contributed by atoms with van der Waals surface area (Å²) in [5, 5.41) is 13.8. The Morgan fingerprint density at radius 1 is 1.29 bits per heavy atom. The van der Waals surface area contributed by atoms with E-state index in [0.717, 1.165) is 36.5 Å². The zero-order valence-electron chi connectivity index (χ0n) is 11.6. The molecule has 1 fully saturated rings. The molecule has 1 aliphatic heterocycles. The molecule has 2 heterocycles. The van der Waals surface area contributed by atoms with Crippen LogP contribution in [0, 0.1) is 17.1 Å². The summed E-state index contributed by atoms with van der Waals surface area (Å²) >= 11 is 1.53. The highest BCUT2D eigenvalue weighted by atomic mass is 32.1. The molecule has 5 heteroatoms. The maximum absolute atomic E-state index is 14.2. The number of thiophene rings is 1. The van der Waals surface area contributed by atoms with Crippen molar-refractivity contribution in [2.75, 3.05) is 23.3 Å². The molecule has 1 aliphatic rings. The van der Waals surface area contributed by atoms with Gasteiger partial charge < -0.3 is 10.2 Å². The Labute approximate surface area is 127 Å². The van der Waals surface area contributed by atoms with Gasteiger partial charge in [-0.3, -0.25) is 0 Å². The van der Waals surface area contributed by atoms with E-state index in [2.05, 4.69) is 16.3 Å². The lowest BCUT2D eigenvalue weighted by molar-refractivity contribution is 0.623. The lowest BCUT2D eigenvalue weighted by atomic mass is 10.2. The number of hydrogen-bond acceptors (Lipinski definition) is 4. The summed E-state index contributed by atoms with van der Waals surface area (Å²) in [6.07, 6.45) is 2.28. The van der Waals surface area contributed by atoms with Crippen molar-refractivity contribution < 1.29 is 4.39 Å². The molecular formula is C16H16FN3S. The highest BCUT2D eigenvalue weighted by molar-refractivity contribution is 7.10. The van der Waals surface area contributed by atoms with Crippen LogP contribution in [0.4, 0.5) is 15.8 Å². The van der Waals surface area contributed by atoms with Crippen LogP contribution in [-0.4, -0.2) is 13.1 Å². The van der Waals surface area contributed by atoms with E-state index in [-0.39, 0.29) is 5.82 Å². The van der Waals surface area contributed by atoms with Gasteiger partial charge in [0.2, 0.25) is 0 Å². The molecule has 21 heavy (non-hydrogen) atoms. The van der Waals surface area contributed by atoms with Crippen molar-refractivity contribution in [3.05, 3.63) is 45.9 Å². The van der Waals surface area contributed by atoms with Gasteiger partial charge in [-0.1, -0.05) is 0 Å². The molecule has 2 aromatic rings. The van der Waals surface area contributed by atoms with Crippen LogP contribution in [-0.2, 0) is 6.54 Å². The first-order valence-electron chi connectivity index (χ1n) is 7.02. The van der Waals surface area contributed by atoms with Gasteiger partial charge in [0.1, 0.15) is 11.9 Å². The molecule has 1 aromatic carbocycles. The fourth-order valence-corrected chi connectivity index (χ4v) is 3.30. The van der Waals surface area contributed by atoms with Crippen LogP contribution in [0.3, 0.4) is 0 Å². The SMILES string of the molecule is N#Cc1csc(CNc2ccc(N3CCCC3)c(F)c2)c1. The van der Waals surface area contributed by atoms with Gasteiger partial charge in [0.05, 0.1) is 11.3 Å². The van der Waals surface area contributed by atoms with Gasteiger partial charge in [0.25, 0.3) is 0 Å². The van der Waals surface area contributed by atoms with Crippen molar-refractivity contribution in [2.24, 2.45) is 0 Å². The Hall–Kier alpha value is -2.06. The van der Waals surface area contributed by atoms with Crippen LogP contribution in [0.15, 0.2) is 29.6 Å². The summed E-state index contributed by atoms with van der Waals surface area (Å²) in [7, 11) is 0. The maximum atomic E-state index is 14.2. The van der Waals surface area contributed by atoms with Crippen LogP contribution >= 0.6 is 11.3 Å². The predicted octanol–water partition coefficient (Wildman–Crippen LogP) is 3.97. The highest BCUT2D eigenvalue weighted by Crippen LogP contribution is 2.26. The summed E-state index contributed by atoms with van der Waals surface area (Å²) in [6.45, 7) is 2.49. The number of rotatable bonds is 4. The van der Waals surface area contributed by atoms with E-state index in [9.17, 15) is 4.39 Å². The second-order valence-corrected chi connectivity index (χ2v) is 6.12. The molecule has 0 radical (unpaired) electrons. The third kappa shape index (κ3) is 3.17. The van der Waals surface area contributed by atoms with Crippen LogP contribution in [0.25, 0.3) is 0 Å². The standard InChI is InChI=1S/C16H16FN3S/c17-15-8-13(3-4-16(15)20-5-1-2-6-20)19-10-14-7-12(9-18)11-21-14/h3-4,7-8,11,19H,1-2,5-6,10H2. The van der Waals surface area contributed by atoms with Gasteiger partial charge in [-0.05, 0) is 37.1 Å². The van der Waals surface area contributed by atoms with E-state index in [1.165, 1.54) is 11.3 Å². The molecule has 3 rings (SSSR count). The van der Waals surface area contributed by atoms with Crippen molar-refractivity contribution in [1.82, 2.24) is 0 Å². The van der Waals surface area contributed by atoms with Crippen LogP contribution < -0.4 is 10.2 Å². The summed E-state index contributed by atoms with van der Waals surface area (Å²) < 4.78 is 14.2. The largest absolute Gasteiger partial charge is 0.380 e. The van der Waals surface area contributed by atoms with Crippen LogP contribution in [0.2, 0.25) is 0 Å². The minimum atomic E-state index is -0.175. The Morgan fingerprint density at radius 2 is 2.10 bits per heavy atom. The molecule has 1 N–H and O–H groups in total. The first-order valence-corrected chi connectivity index (χ1v) is 7.90. The molecule has 1 saturated heterocycles. The number of hydrogen-bond donors (Lipinski definition) is 1. The first-order chi connectivity index (χ1) is 10.3. The van der Waals surface area contributed by atoms with E-state index in [1.807, 2.05) is 23.6 Å². The Bertz CT molecular complexity index is 668. The average Bonchev–Trinajstić information content (AvgIpc) is 3.16. The number of nitriles is 1. The summed E-state index contributed by atoms with van der Waals surface area (Å²) in [4.78, 5) is 3.16. The van der Waals surface area contributed by atoms with Gasteiger partial charge in [-0.15, -0.1) is 11.3 Å². The monoisotopic (exact) mass is 301 g/mol. The number of nitrogens with zero attached hydrogens (tertiary/aromatic N) is 2. The molecule has 0 saturated carbocycles. The Kier molecular flexibility index (Phi) is 4.07. The number of benzene rings is 1. The third-order valence-electron chi connectivity index (χ3n) is 3.64. The van der Waals surface area contributed by atoms with Gasteiger partial charge in [0, 0.05) is 35.6 Å². The van der Waals surface area contributed by atoms with Gasteiger partial charge in [0.15, 0.2) is 0 Å². The van der Waals surface area contributed by atoms with Crippen molar-refractivity contribution in [2.45, 2.75) is 19.4 Å². The Morgan fingerprint density at radius 3 is 2.76 bits per heavy atom. The van der Waals surface area contributed by atoms with E-state index < -0.39 is 0 Å². The molecule has 1 aromatic heterocycles. The molecule has 0 aliphatic carbocycles. The second-order valence-electron chi connectivity index (χ2n) is 5.13. The fourth-order valence-electron chi connectivity index (χ4n) is 2.55. The van der Waals surface area contributed by atoms with Crippen LogP contribution in [0.1, 0.15) is 23.3 Å². The highest BCUT2D eigenvalue weighted by Gasteiger charge is 2.16. The number of nitrogens with one attached hydrogen (secondary N) is 1. The molecule has 0 bridgehead atoms. The number of anilines is 2. The average molecular weight is 301 g/mol. The van der Waals surface area contributed by atoms with E-state index >= 15 is 0 Å². The zero-order valence-corrected chi connectivity index (χ0v) is 12.4. The van der Waals surface area contributed by atoms with Crippen LogP contribution in [0.5, 0.6) is 0 Å². The zero-order chi connectivity index (χ0) is 14.7. The molecule has 0 amide bonds. The van der Waals surface area contributed by atoms with E-state index in [4.69, 9.17) is 5.26 Å². The maximum Gasteiger partial charge on any atom is 0.148 e. The minimum Gasteiger partial charge on any atom is -0.380 e. The lowest BCUT2D eigenvalue weighted by Crippen LogP contribution is -2.18. The molecule has 3 nitrogen and oxygen atoms in total. The molecular weight excluding hydrogens is 285 g/mol. The second kappa shape index (κ2) is 6.15. The van der Waals surface area contributed by atoms with Crippen molar-refractivity contribution in [3.63, 3.8) is 0 Å². The topological polar surface area (TPSA) is 39.1 Å². The van der Waals surface area contributed by atoms with Crippen molar-refractivity contribution in [3.8, 4) is 6.07 Å². The molecule has 0 unspecified atom stereocenters. The number of halogens is 1. The lowest BCUT2D eigenvalue weighted by Gasteiger charge is -2.19. The normalized spacial score (nSPS) is 14.2. The summed E-state index contributed by atoms with van der Waals surface area (Å²) in [6, 6.07) is 9.27. The predicted molar refractivity (Wildman–Crippen MR) is 84.2 cm³/mol. The Balaban J connectivity index is 1.66. The van der Waals surface area contributed by atoms with Crippen molar-refractivity contribution in [1.29, 1.82) is 5.26 Å². The van der Waals surface area contributed by atoms with Gasteiger partial charge in [-0.2, -0.15) is 5.26 Å². The molecule has 0 spiro atoms. The van der Waals surface area contributed by atoms with Gasteiger partial charge in [-0.25, -0.2) is 4.39 Å². The summed E-state index contributed by atoms with van der Waals surface area (Å²) in [5.74, 6) is -0.175. The van der Waals surface area contributed by atoms with E-state index in [0.29, 0.717) is 17.8 Å². The van der Waals surface area contributed by atoms with Gasteiger partial charge >= 0.3 is 0 Å². The quantitative estimate of drug-likeness (QED) is 0.928. The smallest absolute Gasteiger partial charge is 0.148 e.